The highest BCUT2D eigenvalue weighted by atomic mass is 32.2. The van der Waals surface area contributed by atoms with Gasteiger partial charge in [0.15, 0.2) is 0 Å². The third-order valence-electron chi connectivity index (χ3n) is 4.83. The lowest BCUT2D eigenvalue weighted by Crippen LogP contribution is -2.22. The van der Waals surface area contributed by atoms with Crippen molar-refractivity contribution in [3.8, 4) is 0 Å². The van der Waals surface area contributed by atoms with Crippen LogP contribution in [0, 0.1) is 5.92 Å². The van der Waals surface area contributed by atoms with Crippen molar-refractivity contribution >= 4 is 17.7 Å². The minimum absolute atomic E-state index is 0.0654. The van der Waals surface area contributed by atoms with Gasteiger partial charge in [0.2, 0.25) is 0 Å². The zero-order valence-electron chi connectivity index (χ0n) is 15.2. The first kappa shape index (κ1) is 19.1. The van der Waals surface area contributed by atoms with Gasteiger partial charge in [0, 0.05) is 17.4 Å². The molecule has 2 atom stereocenters. The molecule has 1 aliphatic carbocycles. The van der Waals surface area contributed by atoms with E-state index >= 15 is 0 Å². The van der Waals surface area contributed by atoms with E-state index in [9.17, 15) is 4.79 Å². The number of benzene rings is 1. The second-order valence-corrected chi connectivity index (χ2v) is 8.29. The monoisotopic (exact) mass is 346 g/mol. The van der Waals surface area contributed by atoms with Crippen LogP contribution >= 0.6 is 11.8 Å². The molecule has 0 N–H and O–H groups in total. The molecule has 2 nitrogen and oxygen atoms in total. The molecule has 2 unspecified atom stereocenters. The Labute approximate surface area is 151 Å². The minimum atomic E-state index is -0.0654. The Balaban J connectivity index is 1.64. The molecular formula is C21H30O2S. The first-order valence-corrected chi connectivity index (χ1v) is 10.1. The third-order valence-corrected chi connectivity index (χ3v) is 6.32. The average molecular weight is 347 g/mol. The number of esters is 1. The van der Waals surface area contributed by atoms with Crippen LogP contribution in [0.5, 0.6) is 0 Å². The van der Waals surface area contributed by atoms with Crippen LogP contribution in [0.4, 0.5) is 0 Å². The maximum atomic E-state index is 11.9. The van der Waals surface area contributed by atoms with Crippen molar-refractivity contribution in [2.75, 3.05) is 12.4 Å². The number of allylic oxidation sites excluding steroid dienone is 2. The molecule has 1 fully saturated rings. The summed E-state index contributed by atoms with van der Waals surface area (Å²) in [6, 6.07) is 10.2. The Morgan fingerprint density at radius 2 is 2.00 bits per heavy atom. The predicted molar refractivity (Wildman–Crippen MR) is 103 cm³/mol. The molecule has 0 saturated heterocycles. The molecule has 1 aromatic rings. The number of ether oxygens (including phenoxy) is 1. The van der Waals surface area contributed by atoms with Crippen LogP contribution in [0.1, 0.15) is 52.0 Å². The summed E-state index contributed by atoms with van der Waals surface area (Å²) in [5, 5.41) is 0.653. The summed E-state index contributed by atoms with van der Waals surface area (Å²) in [6.07, 6.45) is 5.04. The maximum Gasteiger partial charge on any atom is 0.306 e. The first-order chi connectivity index (χ1) is 11.6. The fourth-order valence-electron chi connectivity index (χ4n) is 3.10. The molecule has 0 spiro atoms. The van der Waals surface area contributed by atoms with Crippen molar-refractivity contribution < 1.29 is 9.53 Å². The molecule has 2 rings (SSSR count). The van der Waals surface area contributed by atoms with Crippen LogP contribution in [-0.2, 0) is 16.0 Å². The SMILES string of the molecule is CC(C)=C1CCC(C)C(SCCC(=O)OCCc2ccccc2)C1. The van der Waals surface area contributed by atoms with E-state index in [0.717, 1.165) is 18.1 Å². The van der Waals surface area contributed by atoms with Crippen LogP contribution < -0.4 is 0 Å². The number of carbonyl (C=O) groups is 1. The topological polar surface area (TPSA) is 26.3 Å². The Morgan fingerprint density at radius 1 is 1.25 bits per heavy atom. The number of hydrogen-bond donors (Lipinski definition) is 0. The van der Waals surface area contributed by atoms with Gasteiger partial charge in [0.1, 0.15) is 0 Å². The van der Waals surface area contributed by atoms with Crippen LogP contribution in [0.3, 0.4) is 0 Å². The van der Waals surface area contributed by atoms with Gasteiger partial charge in [-0.3, -0.25) is 4.79 Å². The quantitative estimate of drug-likeness (QED) is 0.487. The molecule has 24 heavy (non-hydrogen) atoms. The zero-order valence-corrected chi connectivity index (χ0v) is 16.0. The summed E-state index contributed by atoms with van der Waals surface area (Å²) < 4.78 is 5.36. The summed E-state index contributed by atoms with van der Waals surface area (Å²) in [5.74, 6) is 1.55. The van der Waals surface area contributed by atoms with E-state index in [1.54, 1.807) is 5.57 Å². The summed E-state index contributed by atoms with van der Waals surface area (Å²) in [6.45, 7) is 7.27. The molecule has 1 aliphatic rings. The maximum absolute atomic E-state index is 11.9. The van der Waals surface area contributed by atoms with E-state index in [1.807, 2.05) is 30.0 Å². The van der Waals surface area contributed by atoms with Gasteiger partial charge in [-0.25, -0.2) is 0 Å². The minimum Gasteiger partial charge on any atom is -0.465 e. The van der Waals surface area contributed by atoms with E-state index in [-0.39, 0.29) is 5.97 Å². The smallest absolute Gasteiger partial charge is 0.306 e. The van der Waals surface area contributed by atoms with Gasteiger partial charge >= 0.3 is 5.97 Å². The van der Waals surface area contributed by atoms with Crippen molar-refractivity contribution in [1.29, 1.82) is 0 Å². The van der Waals surface area contributed by atoms with Gasteiger partial charge in [0.25, 0.3) is 0 Å². The largest absolute Gasteiger partial charge is 0.465 e. The lowest BCUT2D eigenvalue weighted by atomic mass is 9.85. The van der Waals surface area contributed by atoms with Crippen LogP contribution in [-0.4, -0.2) is 23.6 Å². The molecule has 3 heteroatoms. The Bertz CT molecular complexity index is 546. The normalized spacial score (nSPS) is 20.7. The summed E-state index contributed by atoms with van der Waals surface area (Å²) in [5.41, 5.74) is 4.31. The van der Waals surface area contributed by atoms with Crippen molar-refractivity contribution in [1.82, 2.24) is 0 Å². The van der Waals surface area contributed by atoms with Gasteiger partial charge in [0.05, 0.1) is 13.0 Å². The lowest BCUT2D eigenvalue weighted by Gasteiger charge is -2.31. The van der Waals surface area contributed by atoms with E-state index in [4.69, 9.17) is 4.74 Å². The standard InChI is InChI=1S/C21H30O2S/c1-16(2)19-10-9-17(3)20(15-19)24-14-12-21(22)23-13-11-18-7-5-4-6-8-18/h4-8,17,20H,9-15H2,1-3H3. The Hall–Kier alpha value is -1.22. The van der Waals surface area contributed by atoms with E-state index in [2.05, 4.69) is 32.9 Å². The summed E-state index contributed by atoms with van der Waals surface area (Å²) in [7, 11) is 0. The third kappa shape index (κ3) is 6.35. The molecular weight excluding hydrogens is 316 g/mol. The van der Waals surface area contributed by atoms with Crippen molar-refractivity contribution in [3.05, 3.63) is 47.0 Å². The predicted octanol–water partition coefficient (Wildman–Crippen LogP) is 5.42. The zero-order chi connectivity index (χ0) is 17.4. The van der Waals surface area contributed by atoms with Gasteiger partial charge in [-0.15, -0.1) is 0 Å². The highest BCUT2D eigenvalue weighted by Gasteiger charge is 2.25. The highest BCUT2D eigenvalue weighted by Crippen LogP contribution is 2.37. The summed E-state index contributed by atoms with van der Waals surface area (Å²) in [4.78, 5) is 11.9. The number of thioether (sulfide) groups is 1. The fourth-order valence-corrected chi connectivity index (χ4v) is 4.48. The molecule has 1 saturated carbocycles. The highest BCUT2D eigenvalue weighted by molar-refractivity contribution is 7.99. The Kier molecular flexibility index (Phi) is 7.90. The van der Waals surface area contributed by atoms with Crippen LogP contribution in [0.15, 0.2) is 41.5 Å². The first-order valence-electron chi connectivity index (χ1n) is 9.02. The van der Waals surface area contributed by atoms with Gasteiger partial charge < -0.3 is 4.74 Å². The molecule has 1 aromatic carbocycles. The second-order valence-electron chi connectivity index (χ2n) is 6.94. The molecule has 0 bridgehead atoms. The molecule has 0 aromatic heterocycles. The molecule has 0 aliphatic heterocycles. The molecule has 132 valence electrons. The van der Waals surface area contributed by atoms with E-state index in [1.165, 1.54) is 30.4 Å². The molecule has 0 amide bonds. The van der Waals surface area contributed by atoms with Gasteiger partial charge in [-0.05, 0) is 44.6 Å². The lowest BCUT2D eigenvalue weighted by molar-refractivity contribution is -0.143. The van der Waals surface area contributed by atoms with Crippen LogP contribution in [0.25, 0.3) is 0 Å². The number of rotatable bonds is 7. The number of hydrogen-bond acceptors (Lipinski definition) is 3. The van der Waals surface area contributed by atoms with Crippen molar-refractivity contribution in [3.63, 3.8) is 0 Å². The van der Waals surface area contributed by atoms with E-state index < -0.39 is 0 Å². The Morgan fingerprint density at radius 3 is 2.71 bits per heavy atom. The van der Waals surface area contributed by atoms with Gasteiger partial charge in [-0.1, -0.05) is 48.4 Å². The summed E-state index contributed by atoms with van der Waals surface area (Å²) >= 11 is 1.95. The second kappa shape index (κ2) is 9.93. The van der Waals surface area contributed by atoms with Crippen molar-refractivity contribution in [2.45, 2.75) is 58.1 Å². The van der Waals surface area contributed by atoms with Gasteiger partial charge in [-0.2, -0.15) is 11.8 Å². The fraction of sp³-hybridized carbons (Fsp3) is 0.571. The van der Waals surface area contributed by atoms with E-state index in [0.29, 0.717) is 18.3 Å². The molecule has 0 radical (unpaired) electrons. The van der Waals surface area contributed by atoms with Crippen LogP contribution in [0.2, 0.25) is 0 Å². The number of carbonyl (C=O) groups excluding carboxylic acids is 1. The van der Waals surface area contributed by atoms with Crippen molar-refractivity contribution in [2.24, 2.45) is 5.92 Å². The molecule has 0 heterocycles. The average Bonchev–Trinajstić information content (AvgIpc) is 2.57.